The third kappa shape index (κ3) is 3.94. The van der Waals surface area contributed by atoms with Gasteiger partial charge in [-0.2, -0.15) is 0 Å². The van der Waals surface area contributed by atoms with E-state index in [-0.39, 0.29) is 12.3 Å². The number of carbonyl (C=O) groups is 1. The van der Waals surface area contributed by atoms with Crippen LogP contribution in [0, 0.1) is 11.6 Å². The number of hydrogen-bond donors (Lipinski definition) is 1. The van der Waals surface area contributed by atoms with Crippen LogP contribution in [0.25, 0.3) is 0 Å². The molecular formula is C11H14F2N2O. The molecule has 16 heavy (non-hydrogen) atoms. The fourth-order valence-electron chi connectivity index (χ4n) is 1.26. The maximum atomic E-state index is 12.8. The molecular weight excluding hydrogens is 214 g/mol. The molecule has 1 aromatic rings. The van der Waals surface area contributed by atoms with Gasteiger partial charge < -0.3 is 0 Å². The number of rotatable bonds is 4. The van der Waals surface area contributed by atoms with Gasteiger partial charge >= 0.3 is 0 Å². The Bertz CT molecular complexity index is 380. The van der Waals surface area contributed by atoms with Gasteiger partial charge in [0.1, 0.15) is 0 Å². The van der Waals surface area contributed by atoms with Crippen LogP contribution >= 0.6 is 0 Å². The number of hydrogen-bond acceptors (Lipinski definition) is 2. The molecule has 1 aromatic carbocycles. The van der Waals surface area contributed by atoms with Crippen molar-refractivity contribution in [2.24, 2.45) is 0 Å². The Balaban J connectivity index is 2.48. The van der Waals surface area contributed by atoms with E-state index in [1.807, 2.05) is 0 Å². The fraction of sp³-hybridized carbons (Fsp3) is 0.364. The molecule has 0 radical (unpaired) electrons. The second kappa shape index (κ2) is 5.55. The molecule has 1 amide bonds. The van der Waals surface area contributed by atoms with E-state index in [0.29, 0.717) is 12.0 Å². The number of carbonyl (C=O) groups excluding carboxylic acids is 1. The van der Waals surface area contributed by atoms with E-state index < -0.39 is 11.6 Å². The standard InChI is InChI=1S/C11H14F2N2O/c1-15(2)14-11(16)6-4-8-3-5-9(12)10(13)7-8/h3,5,7H,4,6H2,1-2H3,(H,14,16). The number of halogens is 2. The Kier molecular flexibility index (Phi) is 4.37. The molecule has 1 N–H and O–H groups in total. The first-order valence-corrected chi connectivity index (χ1v) is 4.90. The highest BCUT2D eigenvalue weighted by Crippen LogP contribution is 2.10. The van der Waals surface area contributed by atoms with Crippen LogP contribution in [0.2, 0.25) is 0 Å². The molecule has 0 bridgehead atoms. The topological polar surface area (TPSA) is 32.3 Å². The molecule has 0 aliphatic rings. The zero-order valence-electron chi connectivity index (χ0n) is 9.26. The van der Waals surface area contributed by atoms with E-state index in [9.17, 15) is 13.6 Å². The number of benzene rings is 1. The van der Waals surface area contributed by atoms with E-state index in [4.69, 9.17) is 0 Å². The third-order valence-corrected chi connectivity index (χ3v) is 1.97. The second-order valence-electron chi connectivity index (χ2n) is 3.68. The van der Waals surface area contributed by atoms with Crippen molar-refractivity contribution in [3.63, 3.8) is 0 Å². The van der Waals surface area contributed by atoms with Crippen molar-refractivity contribution in [2.75, 3.05) is 14.1 Å². The molecule has 0 aliphatic heterocycles. The minimum absolute atomic E-state index is 0.158. The summed E-state index contributed by atoms with van der Waals surface area (Å²) in [5.74, 6) is -1.92. The lowest BCUT2D eigenvalue weighted by Gasteiger charge is -2.11. The fourth-order valence-corrected chi connectivity index (χ4v) is 1.26. The second-order valence-corrected chi connectivity index (χ2v) is 3.68. The molecule has 0 aromatic heterocycles. The van der Waals surface area contributed by atoms with Gasteiger partial charge in [0.05, 0.1) is 0 Å². The van der Waals surface area contributed by atoms with Crippen molar-refractivity contribution in [1.82, 2.24) is 10.4 Å². The summed E-state index contributed by atoms with van der Waals surface area (Å²) in [6, 6.07) is 3.65. The van der Waals surface area contributed by atoms with Gasteiger partial charge in [-0.25, -0.2) is 13.8 Å². The SMILES string of the molecule is CN(C)NC(=O)CCc1ccc(F)c(F)c1. The van der Waals surface area contributed by atoms with Gasteiger partial charge in [-0.3, -0.25) is 10.2 Å². The quantitative estimate of drug-likeness (QED) is 0.792. The van der Waals surface area contributed by atoms with Gasteiger partial charge in [0, 0.05) is 20.5 Å². The van der Waals surface area contributed by atoms with Crippen LogP contribution in [0.5, 0.6) is 0 Å². The summed E-state index contributed by atoms with van der Waals surface area (Å²) in [5, 5.41) is 1.54. The monoisotopic (exact) mass is 228 g/mol. The number of nitrogens with one attached hydrogen (secondary N) is 1. The third-order valence-electron chi connectivity index (χ3n) is 1.97. The first kappa shape index (κ1) is 12.6. The Hall–Kier alpha value is -1.49. The Morgan fingerprint density at radius 1 is 1.31 bits per heavy atom. The number of nitrogens with zero attached hydrogens (tertiary/aromatic N) is 1. The van der Waals surface area contributed by atoms with Gasteiger partial charge in [0.2, 0.25) is 5.91 Å². The Morgan fingerprint density at radius 3 is 2.56 bits per heavy atom. The van der Waals surface area contributed by atoms with Gasteiger partial charge in [-0.15, -0.1) is 0 Å². The zero-order valence-corrected chi connectivity index (χ0v) is 9.26. The summed E-state index contributed by atoms with van der Waals surface area (Å²) in [6.45, 7) is 0. The van der Waals surface area contributed by atoms with Crippen molar-refractivity contribution in [1.29, 1.82) is 0 Å². The van der Waals surface area contributed by atoms with Crippen LogP contribution in [0.1, 0.15) is 12.0 Å². The van der Waals surface area contributed by atoms with Crippen LogP contribution in [0.15, 0.2) is 18.2 Å². The number of hydrazine groups is 1. The first-order chi connectivity index (χ1) is 7.49. The largest absolute Gasteiger partial charge is 0.289 e. The Labute approximate surface area is 93.0 Å². The van der Waals surface area contributed by atoms with E-state index >= 15 is 0 Å². The summed E-state index contributed by atoms with van der Waals surface area (Å²) in [7, 11) is 3.41. The maximum absolute atomic E-state index is 12.8. The number of amides is 1. The van der Waals surface area contributed by atoms with Crippen molar-refractivity contribution >= 4 is 5.91 Å². The van der Waals surface area contributed by atoms with E-state index in [1.54, 1.807) is 14.1 Å². The van der Waals surface area contributed by atoms with Crippen molar-refractivity contribution in [3.05, 3.63) is 35.4 Å². The van der Waals surface area contributed by atoms with E-state index in [0.717, 1.165) is 12.1 Å². The van der Waals surface area contributed by atoms with Crippen molar-refractivity contribution in [3.8, 4) is 0 Å². The van der Waals surface area contributed by atoms with Crippen LogP contribution in [0.3, 0.4) is 0 Å². The smallest absolute Gasteiger partial charge is 0.234 e. The summed E-state index contributed by atoms with van der Waals surface area (Å²) in [6.07, 6.45) is 0.625. The molecule has 0 unspecified atom stereocenters. The molecule has 1 rings (SSSR count). The molecule has 0 aliphatic carbocycles. The molecule has 5 heteroatoms. The molecule has 0 saturated carbocycles. The predicted octanol–water partition coefficient (Wildman–Crippen LogP) is 1.49. The van der Waals surface area contributed by atoms with Gasteiger partial charge in [0.25, 0.3) is 0 Å². The minimum atomic E-state index is -0.884. The first-order valence-electron chi connectivity index (χ1n) is 4.90. The van der Waals surface area contributed by atoms with Gasteiger partial charge in [0.15, 0.2) is 11.6 Å². The van der Waals surface area contributed by atoms with E-state index in [1.165, 1.54) is 11.1 Å². The molecule has 0 heterocycles. The average molecular weight is 228 g/mol. The van der Waals surface area contributed by atoms with Crippen LogP contribution in [-0.2, 0) is 11.2 Å². The number of aryl methyl sites for hydroxylation is 1. The molecule has 0 atom stereocenters. The summed E-state index contributed by atoms with van der Waals surface area (Å²) in [5.41, 5.74) is 3.17. The van der Waals surface area contributed by atoms with Crippen LogP contribution < -0.4 is 5.43 Å². The molecule has 0 fully saturated rings. The Morgan fingerprint density at radius 2 is 2.00 bits per heavy atom. The highest BCUT2D eigenvalue weighted by Gasteiger charge is 2.05. The van der Waals surface area contributed by atoms with E-state index in [2.05, 4.69) is 5.43 Å². The lowest BCUT2D eigenvalue weighted by molar-refractivity contribution is -0.124. The molecule has 88 valence electrons. The predicted molar refractivity (Wildman–Crippen MR) is 56.5 cm³/mol. The lowest BCUT2D eigenvalue weighted by Crippen LogP contribution is -2.36. The summed E-state index contributed by atoms with van der Waals surface area (Å²) >= 11 is 0. The zero-order chi connectivity index (χ0) is 12.1. The maximum Gasteiger partial charge on any atom is 0.234 e. The van der Waals surface area contributed by atoms with Crippen molar-refractivity contribution in [2.45, 2.75) is 12.8 Å². The van der Waals surface area contributed by atoms with Crippen LogP contribution in [0.4, 0.5) is 8.78 Å². The van der Waals surface area contributed by atoms with Gasteiger partial charge in [-0.1, -0.05) is 6.07 Å². The molecule has 0 spiro atoms. The molecule has 0 saturated heterocycles. The normalized spacial score (nSPS) is 10.6. The minimum Gasteiger partial charge on any atom is -0.289 e. The van der Waals surface area contributed by atoms with Crippen LogP contribution in [-0.4, -0.2) is 25.0 Å². The summed E-state index contributed by atoms with van der Waals surface area (Å²) in [4.78, 5) is 11.3. The lowest BCUT2D eigenvalue weighted by atomic mass is 10.1. The van der Waals surface area contributed by atoms with Crippen molar-refractivity contribution < 1.29 is 13.6 Å². The average Bonchev–Trinajstić information content (AvgIpc) is 2.19. The molecule has 3 nitrogen and oxygen atoms in total. The van der Waals surface area contributed by atoms with Gasteiger partial charge in [-0.05, 0) is 24.1 Å². The summed E-state index contributed by atoms with van der Waals surface area (Å²) < 4.78 is 25.4. The highest BCUT2D eigenvalue weighted by atomic mass is 19.2. The highest BCUT2D eigenvalue weighted by molar-refractivity contribution is 5.75.